The van der Waals surface area contributed by atoms with Gasteiger partial charge in [0.1, 0.15) is 5.52 Å². The number of hydrogen-bond donors (Lipinski definition) is 2. The van der Waals surface area contributed by atoms with E-state index in [1.54, 1.807) is 17.2 Å². The number of hydrogen-bond acceptors (Lipinski definition) is 7. The van der Waals surface area contributed by atoms with Crippen molar-refractivity contribution in [1.29, 1.82) is 0 Å². The van der Waals surface area contributed by atoms with Crippen LogP contribution in [-0.2, 0) is 6.54 Å². The van der Waals surface area contributed by atoms with Gasteiger partial charge in [-0.2, -0.15) is 9.97 Å². The second-order valence-corrected chi connectivity index (χ2v) is 4.98. The molecule has 0 saturated heterocycles. The molecule has 4 N–H and O–H groups in total. The van der Waals surface area contributed by atoms with Crippen LogP contribution in [0.3, 0.4) is 0 Å². The molecular formula is C14H13N9. The van der Waals surface area contributed by atoms with Crippen molar-refractivity contribution in [3.05, 3.63) is 48.5 Å². The normalized spacial score (nSPS) is 11.1. The van der Waals surface area contributed by atoms with Gasteiger partial charge in [0.15, 0.2) is 11.5 Å². The number of anilines is 2. The summed E-state index contributed by atoms with van der Waals surface area (Å²) in [6.45, 7) is 0.480. The molecule has 0 aliphatic carbocycles. The Balaban J connectivity index is 1.77. The number of para-hydroxylation sites is 1. The summed E-state index contributed by atoms with van der Waals surface area (Å²) in [4.78, 5) is 12.4. The van der Waals surface area contributed by atoms with Crippen LogP contribution in [0, 0.1) is 0 Å². The lowest BCUT2D eigenvalue weighted by Crippen LogP contribution is -2.08. The Morgan fingerprint density at radius 1 is 1.04 bits per heavy atom. The summed E-state index contributed by atoms with van der Waals surface area (Å²) >= 11 is 0. The minimum Gasteiger partial charge on any atom is -0.382 e. The van der Waals surface area contributed by atoms with Crippen molar-refractivity contribution >= 4 is 22.9 Å². The molecule has 9 nitrogen and oxygen atoms in total. The topological polar surface area (TPSA) is 126 Å². The monoisotopic (exact) mass is 307 g/mol. The molecule has 0 saturated carbocycles. The lowest BCUT2D eigenvalue weighted by Gasteiger charge is -2.07. The van der Waals surface area contributed by atoms with Crippen molar-refractivity contribution < 1.29 is 0 Å². The van der Waals surface area contributed by atoms with Gasteiger partial charge in [0.05, 0.1) is 30.5 Å². The fraction of sp³-hybridized carbons (Fsp3) is 0.0714. The van der Waals surface area contributed by atoms with Gasteiger partial charge in [-0.25, -0.2) is 9.67 Å². The molecule has 4 rings (SSSR count). The Kier molecular flexibility index (Phi) is 2.90. The van der Waals surface area contributed by atoms with Gasteiger partial charge in [-0.15, -0.1) is 5.10 Å². The van der Waals surface area contributed by atoms with Gasteiger partial charge in [-0.05, 0) is 12.1 Å². The van der Waals surface area contributed by atoms with Gasteiger partial charge in [0.2, 0.25) is 5.95 Å². The maximum Gasteiger partial charge on any atom is 0.224 e. The number of benzene rings is 1. The fourth-order valence-corrected chi connectivity index (χ4v) is 2.42. The zero-order valence-electron chi connectivity index (χ0n) is 12.0. The zero-order valence-corrected chi connectivity index (χ0v) is 12.0. The molecule has 1 aromatic carbocycles. The molecule has 0 bridgehead atoms. The van der Waals surface area contributed by atoms with Crippen LogP contribution in [0.5, 0.6) is 0 Å². The predicted molar refractivity (Wildman–Crippen MR) is 84.6 cm³/mol. The lowest BCUT2D eigenvalue weighted by atomic mass is 10.3. The Hall–Kier alpha value is -3.49. The van der Waals surface area contributed by atoms with E-state index >= 15 is 0 Å². The Bertz CT molecular complexity index is 971. The summed E-state index contributed by atoms with van der Waals surface area (Å²) in [5.41, 5.74) is 14.4. The summed E-state index contributed by atoms with van der Waals surface area (Å²) in [6.07, 6.45) is 3.35. The third-order valence-corrected chi connectivity index (χ3v) is 3.46. The Morgan fingerprint density at radius 2 is 1.87 bits per heavy atom. The minimum atomic E-state index is 0.117. The molecular weight excluding hydrogens is 294 g/mol. The van der Waals surface area contributed by atoms with Gasteiger partial charge in [-0.3, -0.25) is 0 Å². The van der Waals surface area contributed by atoms with E-state index < -0.39 is 0 Å². The summed E-state index contributed by atoms with van der Waals surface area (Å²) in [7, 11) is 0. The molecule has 4 aromatic rings. The van der Waals surface area contributed by atoms with Crippen LogP contribution in [0.25, 0.3) is 16.9 Å². The molecule has 3 heterocycles. The predicted octanol–water partition coefficient (Wildman–Crippen LogP) is 0.620. The lowest BCUT2D eigenvalue weighted by molar-refractivity contribution is 0.713. The Morgan fingerprint density at radius 3 is 2.70 bits per heavy atom. The van der Waals surface area contributed by atoms with Gasteiger partial charge in [0.25, 0.3) is 0 Å². The summed E-state index contributed by atoms with van der Waals surface area (Å²) < 4.78 is 3.60. The number of rotatable bonds is 3. The molecule has 0 atom stereocenters. The molecule has 9 heteroatoms. The highest BCUT2D eigenvalue weighted by molar-refractivity contribution is 5.82. The average molecular weight is 307 g/mol. The second-order valence-electron chi connectivity index (χ2n) is 4.98. The van der Waals surface area contributed by atoms with Crippen molar-refractivity contribution in [1.82, 2.24) is 34.5 Å². The molecule has 0 unspecified atom stereocenters. The van der Waals surface area contributed by atoms with E-state index in [2.05, 4.69) is 25.3 Å². The number of nitrogen functional groups attached to an aromatic ring is 2. The van der Waals surface area contributed by atoms with Gasteiger partial charge >= 0.3 is 0 Å². The molecule has 114 valence electrons. The molecule has 0 fully saturated rings. The Labute approximate surface area is 130 Å². The van der Waals surface area contributed by atoms with Gasteiger partial charge in [-0.1, -0.05) is 23.4 Å². The molecule has 3 aromatic heterocycles. The van der Waals surface area contributed by atoms with Gasteiger partial charge in [0, 0.05) is 0 Å². The van der Waals surface area contributed by atoms with Crippen LogP contribution in [0.2, 0.25) is 0 Å². The number of imidazole rings is 1. The summed E-state index contributed by atoms with van der Waals surface area (Å²) in [5.74, 6) is 0.382. The van der Waals surface area contributed by atoms with E-state index in [1.165, 1.54) is 0 Å². The van der Waals surface area contributed by atoms with Crippen LogP contribution in [0.15, 0.2) is 42.9 Å². The zero-order chi connectivity index (χ0) is 15.8. The van der Waals surface area contributed by atoms with E-state index in [0.717, 1.165) is 11.4 Å². The fourth-order valence-electron chi connectivity index (χ4n) is 2.42. The molecule has 0 amide bonds. The van der Waals surface area contributed by atoms with E-state index in [1.807, 2.05) is 34.9 Å². The van der Waals surface area contributed by atoms with Crippen LogP contribution in [0.1, 0.15) is 5.69 Å². The standard InChI is InChI=1S/C14H13N9/c15-12-11-13(20-14(16)19-12)22(8-17-11)7-10-6-18-21-23(10)9-4-2-1-3-5-9/h1-6,8H,7H2,(H4,15,16,19,20). The highest BCUT2D eigenvalue weighted by atomic mass is 15.4. The van der Waals surface area contributed by atoms with Crippen molar-refractivity contribution in [2.75, 3.05) is 11.5 Å². The number of aromatic nitrogens is 7. The average Bonchev–Trinajstić information content (AvgIpc) is 3.16. The quantitative estimate of drug-likeness (QED) is 0.568. The van der Waals surface area contributed by atoms with E-state index in [-0.39, 0.29) is 11.8 Å². The molecule has 0 radical (unpaired) electrons. The molecule has 23 heavy (non-hydrogen) atoms. The first kappa shape index (κ1) is 13.2. The van der Waals surface area contributed by atoms with E-state index in [0.29, 0.717) is 17.7 Å². The van der Waals surface area contributed by atoms with E-state index in [4.69, 9.17) is 11.5 Å². The molecule has 0 aliphatic rings. The van der Waals surface area contributed by atoms with Crippen LogP contribution >= 0.6 is 0 Å². The van der Waals surface area contributed by atoms with Crippen molar-refractivity contribution in [2.24, 2.45) is 0 Å². The first-order chi connectivity index (χ1) is 11.2. The maximum atomic E-state index is 5.83. The largest absolute Gasteiger partial charge is 0.382 e. The third kappa shape index (κ3) is 2.24. The first-order valence-electron chi connectivity index (χ1n) is 6.91. The van der Waals surface area contributed by atoms with Crippen LogP contribution < -0.4 is 11.5 Å². The van der Waals surface area contributed by atoms with Crippen molar-refractivity contribution in [2.45, 2.75) is 6.54 Å². The van der Waals surface area contributed by atoms with E-state index in [9.17, 15) is 0 Å². The summed E-state index contributed by atoms with van der Waals surface area (Å²) in [6, 6.07) is 9.76. The first-order valence-corrected chi connectivity index (χ1v) is 6.91. The maximum absolute atomic E-state index is 5.83. The minimum absolute atomic E-state index is 0.117. The van der Waals surface area contributed by atoms with Crippen LogP contribution in [-0.4, -0.2) is 34.5 Å². The summed E-state index contributed by atoms with van der Waals surface area (Å²) in [5, 5.41) is 8.12. The SMILES string of the molecule is Nc1nc(N)c2ncn(Cc3cnnn3-c3ccccc3)c2n1. The number of nitrogens with zero attached hydrogens (tertiary/aromatic N) is 7. The second kappa shape index (κ2) is 5.05. The molecule has 0 spiro atoms. The molecule has 0 aliphatic heterocycles. The van der Waals surface area contributed by atoms with Gasteiger partial charge < -0.3 is 16.0 Å². The van der Waals surface area contributed by atoms with Crippen molar-refractivity contribution in [3.8, 4) is 5.69 Å². The number of fused-ring (bicyclic) bond motifs is 1. The highest BCUT2D eigenvalue weighted by Gasteiger charge is 2.13. The smallest absolute Gasteiger partial charge is 0.224 e. The van der Waals surface area contributed by atoms with Crippen molar-refractivity contribution in [3.63, 3.8) is 0 Å². The number of nitrogens with two attached hydrogens (primary N) is 2. The highest BCUT2D eigenvalue weighted by Crippen LogP contribution is 2.18. The third-order valence-electron chi connectivity index (χ3n) is 3.46. The van der Waals surface area contributed by atoms with Crippen LogP contribution in [0.4, 0.5) is 11.8 Å².